The van der Waals surface area contributed by atoms with Gasteiger partial charge in [0.1, 0.15) is 6.04 Å². The first-order chi connectivity index (χ1) is 12.4. The number of carbonyl (C=O) groups excluding carboxylic acids is 1. The van der Waals surface area contributed by atoms with Crippen LogP contribution in [0.15, 0.2) is 54.6 Å². The summed E-state index contributed by atoms with van der Waals surface area (Å²) in [4.78, 5) is 12.9. The van der Waals surface area contributed by atoms with E-state index in [4.69, 9.17) is 0 Å². The molecule has 3 rings (SSSR count). The van der Waals surface area contributed by atoms with Crippen LogP contribution < -0.4 is 5.32 Å². The Morgan fingerprint density at radius 2 is 1.73 bits per heavy atom. The number of rotatable bonds is 5. The lowest BCUT2D eigenvalue weighted by Gasteiger charge is -2.35. The number of sulfonamides is 1. The summed E-state index contributed by atoms with van der Waals surface area (Å²) >= 11 is 0. The van der Waals surface area contributed by atoms with Crippen LogP contribution in [0.3, 0.4) is 0 Å². The molecule has 0 spiro atoms. The highest BCUT2D eigenvalue weighted by atomic mass is 32.2. The van der Waals surface area contributed by atoms with Crippen molar-refractivity contribution >= 4 is 15.9 Å². The molecule has 2 aromatic carbocycles. The molecular weight excluding hydrogens is 348 g/mol. The average molecular weight is 372 g/mol. The van der Waals surface area contributed by atoms with E-state index in [1.807, 2.05) is 61.5 Å². The van der Waals surface area contributed by atoms with E-state index in [9.17, 15) is 13.2 Å². The Kier molecular flexibility index (Phi) is 5.44. The van der Waals surface area contributed by atoms with Crippen LogP contribution in [0, 0.1) is 0 Å². The van der Waals surface area contributed by atoms with Gasteiger partial charge in [-0.3, -0.25) is 4.79 Å². The van der Waals surface area contributed by atoms with Crippen molar-refractivity contribution in [3.8, 4) is 0 Å². The molecule has 26 heavy (non-hydrogen) atoms. The van der Waals surface area contributed by atoms with Gasteiger partial charge in [-0.2, -0.15) is 4.31 Å². The van der Waals surface area contributed by atoms with E-state index in [0.717, 1.165) is 16.7 Å². The molecule has 0 aliphatic carbocycles. The summed E-state index contributed by atoms with van der Waals surface area (Å²) in [6.07, 6.45) is 0.392. The fraction of sp³-hybridized carbons (Fsp3) is 0.350. The van der Waals surface area contributed by atoms with Gasteiger partial charge >= 0.3 is 0 Å². The molecule has 5 nitrogen and oxygen atoms in total. The maximum absolute atomic E-state index is 12.9. The third-order valence-electron chi connectivity index (χ3n) is 4.89. The molecule has 0 aromatic heterocycles. The Balaban J connectivity index is 1.86. The van der Waals surface area contributed by atoms with Crippen LogP contribution in [-0.2, 0) is 27.8 Å². The van der Waals surface area contributed by atoms with E-state index >= 15 is 0 Å². The van der Waals surface area contributed by atoms with Gasteiger partial charge in [0.2, 0.25) is 15.9 Å². The summed E-state index contributed by atoms with van der Waals surface area (Å²) in [7, 11) is -3.49. The van der Waals surface area contributed by atoms with Gasteiger partial charge in [-0.05, 0) is 37.0 Å². The van der Waals surface area contributed by atoms with Crippen molar-refractivity contribution in [2.75, 3.05) is 5.75 Å². The molecule has 2 unspecified atom stereocenters. The van der Waals surface area contributed by atoms with Crippen molar-refractivity contribution in [1.82, 2.24) is 9.62 Å². The fourth-order valence-electron chi connectivity index (χ4n) is 3.32. The average Bonchev–Trinajstić information content (AvgIpc) is 2.67. The lowest BCUT2D eigenvalue weighted by Crippen LogP contribution is -2.53. The molecule has 1 aliphatic rings. The zero-order chi connectivity index (χ0) is 18.7. The molecule has 1 amide bonds. The highest BCUT2D eigenvalue weighted by Crippen LogP contribution is 2.26. The van der Waals surface area contributed by atoms with Gasteiger partial charge in [0.05, 0.1) is 11.8 Å². The van der Waals surface area contributed by atoms with E-state index in [1.54, 1.807) is 6.92 Å². The second-order valence-electron chi connectivity index (χ2n) is 6.58. The zero-order valence-electron chi connectivity index (χ0n) is 15.1. The van der Waals surface area contributed by atoms with Gasteiger partial charge in [-0.15, -0.1) is 0 Å². The molecule has 0 bridgehead atoms. The van der Waals surface area contributed by atoms with Gasteiger partial charge in [0.25, 0.3) is 0 Å². The SMILES string of the molecule is CCS(=O)(=O)N1Cc2ccccc2CC1C(=O)NC(C)c1ccccc1. The Morgan fingerprint density at radius 1 is 1.12 bits per heavy atom. The summed E-state index contributed by atoms with van der Waals surface area (Å²) in [6, 6.07) is 16.5. The van der Waals surface area contributed by atoms with Crippen LogP contribution in [0.4, 0.5) is 0 Å². The van der Waals surface area contributed by atoms with Crippen LogP contribution >= 0.6 is 0 Å². The standard InChI is InChI=1S/C20H24N2O3S/c1-3-26(24,25)22-14-18-12-8-7-11-17(18)13-19(22)20(23)21-15(2)16-9-5-4-6-10-16/h4-12,15,19H,3,13-14H2,1-2H3,(H,21,23). The number of benzene rings is 2. The monoisotopic (exact) mass is 372 g/mol. The Hall–Kier alpha value is -2.18. The smallest absolute Gasteiger partial charge is 0.239 e. The van der Waals surface area contributed by atoms with Crippen LogP contribution in [0.1, 0.15) is 36.6 Å². The highest BCUT2D eigenvalue weighted by Gasteiger charge is 2.38. The molecule has 2 aromatic rings. The summed E-state index contributed by atoms with van der Waals surface area (Å²) in [5, 5.41) is 2.98. The molecular formula is C20H24N2O3S. The number of nitrogens with zero attached hydrogens (tertiary/aromatic N) is 1. The largest absolute Gasteiger partial charge is 0.348 e. The van der Waals surface area contributed by atoms with Gasteiger partial charge in [-0.25, -0.2) is 8.42 Å². The van der Waals surface area contributed by atoms with Crippen molar-refractivity contribution in [3.05, 3.63) is 71.3 Å². The Labute approximate surface area is 155 Å². The number of carbonyl (C=O) groups is 1. The first kappa shape index (κ1) is 18.6. The minimum atomic E-state index is -3.49. The van der Waals surface area contributed by atoms with Crippen LogP contribution in [0.5, 0.6) is 0 Å². The lowest BCUT2D eigenvalue weighted by molar-refractivity contribution is -0.125. The van der Waals surface area contributed by atoms with Crippen LogP contribution in [-0.4, -0.2) is 30.4 Å². The number of fused-ring (bicyclic) bond motifs is 1. The Bertz CT molecular complexity index is 881. The number of hydrogen-bond donors (Lipinski definition) is 1. The van der Waals surface area contributed by atoms with Crippen molar-refractivity contribution in [3.63, 3.8) is 0 Å². The number of hydrogen-bond acceptors (Lipinski definition) is 3. The minimum Gasteiger partial charge on any atom is -0.348 e. The minimum absolute atomic E-state index is 0.0206. The maximum atomic E-state index is 12.9. The predicted molar refractivity (Wildman–Crippen MR) is 102 cm³/mol. The molecule has 0 radical (unpaired) electrons. The van der Waals surface area contributed by atoms with E-state index in [0.29, 0.717) is 6.42 Å². The summed E-state index contributed by atoms with van der Waals surface area (Å²) < 4.78 is 26.5. The van der Waals surface area contributed by atoms with Gasteiger partial charge in [0.15, 0.2) is 0 Å². The van der Waals surface area contributed by atoms with E-state index in [-0.39, 0.29) is 24.2 Å². The lowest BCUT2D eigenvalue weighted by atomic mass is 9.95. The predicted octanol–water partition coefficient (Wildman–Crippen LogP) is 2.64. The first-order valence-electron chi connectivity index (χ1n) is 8.84. The molecule has 0 fully saturated rings. The molecule has 1 N–H and O–H groups in total. The van der Waals surface area contributed by atoms with Crippen molar-refractivity contribution in [2.45, 2.75) is 38.9 Å². The molecule has 0 saturated heterocycles. The third kappa shape index (κ3) is 3.81. The van der Waals surface area contributed by atoms with Gasteiger partial charge < -0.3 is 5.32 Å². The van der Waals surface area contributed by atoms with Gasteiger partial charge in [0, 0.05) is 6.54 Å². The van der Waals surface area contributed by atoms with Gasteiger partial charge in [-0.1, -0.05) is 54.6 Å². The van der Waals surface area contributed by atoms with Crippen molar-refractivity contribution < 1.29 is 13.2 Å². The normalized spacial score (nSPS) is 18.8. The number of nitrogens with one attached hydrogen (secondary N) is 1. The van der Waals surface area contributed by atoms with Crippen LogP contribution in [0.2, 0.25) is 0 Å². The Morgan fingerprint density at radius 3 is 2.38 bits per heavy atom. The molecule has 1 aliphatic heterocycles. The topological polar surface area (TPSA) is 66.5 Å². The van der Waals surface area contributed by atoms with Crippen LogP contribution in [0.25, 0.3) is 0 Å². The highest BCUT2D eigenvalue weighted by molar-refractivity contribution is 7.89. The van der Waals surface area contributed by atoms with Crippen molar-refractivity contribution in [2.24, 2.45) is 0 Å². The molecule has 2 atom stereocenters. The van der Waals surface area contributed by atoms with E-state index in [2.05, 4.69) is 5.32 Å². The fourth-order valence-corrected chi connectivity index (χ4v) is 4.54. The van der Waals surface area contributed by atoms with Crippen molar-refractivity contribution in [1.29, 1.82) is 0 Å². The molecule has 1 heterocycles. The quantitative estimate of drug-likeness (QED) is 0.877. The second kappa shape index (κ2) is 7.60. The van der Waals surface area contributed by atoms with E-state index < -0.39 is 16.1 Å². The first-order valence-corrected chi connectivity index (χ1v) is 10.4. The van der Waals surface area contributed by atoms with E-state index in [1.165, 1.54) is 4.31 Å². The molecule has 138 valence electrons. The number of amides is 1. The third-order valence-corrected chi connectivity index (χ3v) is 6.72. The molecule has 6 heteroatoms. The zero-order valence-corrected chi connectivity index (χ0v) is 15.9. The second-order valence-corrected chi connectivity index (χ2v) is 8.79. The summed E-state index contributed by atoms with van der Waals surface area (Å²) in [6.45, 7) is 3.75. The maximum Gasteiger partial charge on any atom is 0.239 e. The summed E-state index contributed by atoms with van der Waals surface area (Å²) in [5.74, 6) is -0.277. The molecule has 0 saturated carbocycles. The summed E-state index contributed by atoms with van der Waals surface area (Å²) in [5.41, 5.74) is 2.98.